The van der Waals surface area contributed by atoms with Gasteiger partial charge in [0.1, 0.15) is 0 Å². The minimum Gasteiger partial charge on any atom is -0.376 e. The van der Waals surface area contributed by atoms with E-state index >= 15 is 0 Å². The van der Waals surface area contributed by atoms with Crippen LogP contribution in [0.2, 0.25) is 0 Å². The number of hydrogen-bond donors (Lipinski definition) is 3. The quantitative estimate of drug-likeness (QED) is 0.645. The fraction of sp³-hybridized carbons (Fsp3) is 0.471. The molecule has 0 aliphatic carbocycles. The maximum absolute atomic E-state index is 12.5. The molecule has 1 aromatic rings. The molecule has 148 valence electrons. The zero-order valence-corrected chi connectivity index (χ0v) is 14.4. The van der Waals surface area contributed by atoms with E-state index in [0.717, 1.165) is 37.1 Å². The number of ether oxygens (including phenoxy) is 1. The molecule has 10 heteroatoms. The van der Waals surface area contributed by atoms with Gasteiger partial charge in [-0.15, -0.1) is 0 Å². The fourth-order valence-electron chi connectivity index (χ4n) is 2.42. The number of nitrogens with one attached hydrogen (secondary N) is 3. The van der Waals surface area contributed by atoms with Gasteiger partial charge in [0.15, 0.2) is 0 Å². The van der Waals surface area contributed by atoms with E-state index < -0.39 is 23.6 Å². The molecule has 27 heavy (non-hydrogen) atoms. The summed E-state index contributed by atoms with van der Waals surface area (Å²) in [5, 5.41) is 2.66. The van der Waals surface area contributed by atoms with Crippen molar-refractivity contribution in [3.8, 4) is 0 Å². The first kappa shape index (κ1) is 20.7. The van der Waals surface area contributed by atoms with Crippen molar-refractivity contribution in [2.24, 2.45) is 0 Å². The lowest BCUT2D eigenvalue weighted by molar-refractivity contribution is -0.137. The van der Waals surface area contributed by atoms with Gasteiger partial charge in [-0.25, -0.2) is 0 Å². The Balaban J connectivity index is 1.66. The van der Waals surface area contributed by atoms with Crippen molar-refractivity contribution in [2.75, 3.05) is 13.2 Å². The molecule has 0 saturated carbocycles. The summed E-state index contributed by atoms with van der Waals surface area (Å²) in [6.07, 6.45) is -2.85. The summed E-state index contributed by atoms with van der Waals surface area (Å²) in [5.41, 5.74) is 3.28. The lowest BCUT2D eigenvalue weighted by Gasteiger charge is -2.11. The van der Waals surface area contributed by atoms with Crippen LogP contribution in [0.25, 0.3) is 0 Å². The Hall–Kier alpha value is -2.62. The molecule has 2 rings (SSSR count). The highest BCUT2D eigenvalue weighted by Crippen LogP contribution is 2.29. The third kappa shape index (κ3) is 6.89. The second kappa shape index (κ2) is 9.36. The molecule has 1 aromatic carbocycles. The van der Waals surface area contributed by atoms with E-state index in [0.29, 0.717) is 13.2 Å². The van der Waals surface area contributed by atoms with E-state index in [2.05, 4.69) is 16.2 Å². The third-order valence-electron chi connectivity index (χ3n) is 3.92. The highest BCUT2D eigenvalue weighted by atomic mass is 19.4. The molecule has 3 N–H and O–H groups in total. The molecule has 1 saturated heterocycles. The maximum atomic E-state index is 12.5. The fourth-order valence-corrected chi connectivity index (χ4v) is 2.42. The minimum atomic E-state index is -4.49. The average Bonchev–Trinajstić information content (AvgIpc) is 3.15. The monoisotopic (exact) mass is 387 g/mol. The molecule has 1 heterocycles. The Morgan fingerprint density at radius 1 is 1.04 bits per heavy atom. The Bertz CT molecular complexity index is 671. The van der Waals surface area contributed by atoms with Crippen molar-refractivity contribution in [3.63, 3.8) is 0 Å². The van der Waals surface area contributed by atoms with E-state index in [-0.39, 0.29) is 30.4 Å². The summed E-state index contributed by atoms with van der Waals surface area (Å²) in [6, 6.07) is 3.55. The Labute approximate surface area is 153 Å². The van der Waals surface area contributed by atoms with Crippen molar-refractivity contribution in [1.29, 1.82) is 0 Å². The molecule has 0 spiro atoms. The number of benzene rings is 1. The van der Waals surface area contributed by atoms with Gasteiger partial charge in [-0.1, -0.05) is 0 Å². The van der Waals surface area contributed by atoms with Gasteiger partial charge in [0.2, 0.25) is 11.8 Å². The van der Waals surface area contributed by atoms with Gasteiger partial charge in [-0.2, -0.15) is 13.2 Å². The first-order chi connectivity index (χ1) is 12.8. The first-order valence-electron chi connectivity index (χ1n) is 8.40. The molecule has 0 bridgehead atoms. The number of rotatable bonds is 6. The lowest BCUT2D eigenvalue weighted by Crippen LogP contribution is -2.42. The molecule has 1 fully saturated rings. The molecule has 0 unspecified atom stereocenters. The summed E-state index contributed by atoms with van der Waals surface area (Å²) in [6.45, 7) is 1.08. The van der Waals surface area contributed by atoms with Crippen LogP contribution in [-0.4, -0.2) is 37.0 Å². The molecular formula is C17H20F3N3O4. The highest BCUT2D eigenvalue weighted by Gasteiger charge is 2.30. The molecule has 1 aliphatic heterocycles. The Morgan fingerprint density at radius 3 is 2.30 bits per heavy atom. The van der Waals surface area contributed by atoms with Crippen LogP contribution in [-0.2, 0) is 20.5 Å². The molecule has 0 aromatic heterocycles. The molecule has 0 radical (unpaired) electrons. The van der Waals surface area contributed by atoms with Crippen molar-refractivity contribution < 1.29 is 32.3 Å². The maximum Gasteiger partial charge on any atom is 0.416 e. The summed E-state index contributed by atoms with van der Waals surface area (Å²) in [4.78, 5) is 35.1. The molecule has 1 aliphatic rings. The van der Waals surface area contributed by atoms with Crippen LogP contribution >= 0.6 is 0 Å². The number of halogens is 3. The van der Waals surface area contributed by atoms with E-state index in [1.807, 2.05) is 0 Å². The van der Waals surface area contributed by atoms with Gasteiger partial charge in [-0.05, 0) is 37.1 Å². The third-order valence-corrected chi connectivity index (χ3v) is 3.92. The van der Waals surface area contributed by atoms with Gasteiger partial charge in [0.25, 0.3) is 5.91 Å². The van der Waals surface area contributed by atoms with E-state index in [1.54, 1.807) is 0 Å². The van der Waals surface area contributed by atoms with Gasteiger partial charge < -0.3 is 10.1 Å². The molecule has 1 atom stereocenters. The normalized spacial score (nSPS) is 16.6. The van der Waals surface area contributed by atoms with Crippen LogP contribution in [0.4, 0.5) is 13.2 Å². The number of hydrogen-bond acceptors (Lipinski definition) is 4. The molecular weight excluding hydrogens is 367 g/mol. The lowest BCUT2D eigenvalue weighted by atomic mass is 10.1. The summed E-state index contributed by atoms with van der Waals surface area (Å²) in [5.74, 6) is -1.67. The van der Waals surface area contributed by atoms with E-state index in [9.17, 15) is 27.6 Å². The number of alkyl halides is 3. The molecule has 3 amide bonds. The Kier molecular flexibility index (Phi) is 7.17. The predicted octanol–water partition coefficient (Wildman–Crippen LogP) is 1.54. The number of carbonyl (C=O) groups excluding carboxylic acids is 3. The molecule has 7 nitrogen and oxygen atoms in total. The van der Waals surface area contributed by atoms with Crippen LogP contribution in [0.1, 0.15) is 41.6 Å². The standard InChI is InChI=1S/C17H20F3N3O4/c18-17(19,20)12-5-3-11(4-6-12)16(26)23-22-15(25)8-7-14(24)21-10-13-2-1-9-27-13/h3-6,13H,1-2,7-10H2,(H,21,24)(H,22,25)(H,23,26)/t13-/m0/s1. The second-order valence-corrected chi connectivity index (χ2v) is 6.02. The minimum absolute atomic E-state index is 0.00537. The average molecular weight is 387 g/mol. The van der Waals surface area contributed by atoms with Crippen LogP contribution in [0, 0.1) is 0 Å². The summed E-state index contributed by atoms with van der Waals surface area (Å²) >= 11 is 0. The predicted molar refractivity (Wildman–Crippen MR) is 88.3 cm³/mol. The smallest absolute Gasteiger partial charge is 0.376 e. The number of hydrazine groups is 1. The van der Waals surface area contributed by atoms with Gasteiger partial charge >= 0.3 is 6.18 Å². The second-order valence-electron chi connectivity index (χ2n) is 6.02. The zero-order chi connectivity index (χ0) is 19.9. The van der Waals surface area contributed by atoms with E-state index in [4.69, 9.17) is 4.74 Å². The SMILES string of the molecule is O=C(CCC(=O)NNC(=O)c1ccc(C(F)(F)F)cc1)NC[C@@H]1CCCO1. The number of amides is 3. The number of carbonyl (C=O) groups is 3. The van der Waals surface area contributed by atoms with Gasteiger partial charge in [0.05, 0.1) is 11.7 Å². The van der Waals surface area contributed by atoms with Gasteiger partial charge in [0, 0.05) is 31.6 Å². The van der Waals surface area contributed by atoms with Crippen LogP contribution in [0.5, 0.6) is 0 Å². The largest absolute Gasteiger partial charge is 0.416 e. The van der Waals surface area contributed by atoms with Crippen LogP contribution < -0.4 is 16.2 Å². The van der Waals surface area contributed by atoms with Crippen LogP contribution in [0.3, 0.4) is 0 Å². The van der Waals surface area contributed by atoms with Crippen molar-refractivity contribution in [2.45, 2.75) is 38.0 Å². The van der Waals surface area contributed by atoms with E-state index in [1.165, 1.54) is 0 Å². The topological polar surface area (TPSA) is 96.5 Å². The van der Waals surface area contributed by atoms with Gasteiger partial charge in [-0.3, -0.25) is 25.2 Å². The summed E-state index contributed by atoms with van der Waals surface area (Å²) < 4.78 is 42.8. The summed E-state index contributed by atoms with van der Waals surface area (Å²) in [7, 11) is 0. The zero-order valence-electron chi connectivity index (χ0n) is 14.4. The van der Waals surface area contributed by atoms with Crippen LogP contribution in [0.15, 0.2) is 24.3 Å². The van der Waals surface area contributed by atoms with Crippen molar-refractivity contribution in [3.05, 3.63) is 35.4 Å². The Morgan fingerprint density at radius 2 is 1.70 bits per heavy atom. The first-order valence-corrected chi connectivity index (χ1v) is 8.40. The van der Waals surface area contributed by atoms with Crippen molar-refractivity contribution >= 4 is 17.7 Å². The van der Waals surface area contributed by atoms with Crippen molar-refractivity contribution in [1.82, 2.24) is 16.2 Å². The highest BCUT2D eigenvalue weighted by molar-refractivity contribution is 5.95.